The van der Waals surface area contributed by atoms with E-state index in [9.17, 15) is 9.59 Å². The van der Waals surface area contributed by atoms with E-state index in [1.165, 1.54) is 11.6 Å². The summed E-state index contributed by atoms with van der Waals surface area (Å²) in [5.74, 6) is 0.646. The Morgan fingerprint density at radius 1 is 1.41 bits per heavy atom. The lowest BCUT2D eigenvalue weighted by Crippen LogP contribution is -2.38. The van der Waals surface area contributed by atoms with Gasteiger partial charge < -0.3 is 4.98 Å². The highest BCUT2D eigenvalue weighted by atomic mass is 79.9. The van der Waals surface area contributed by atoms with Gasteiger partial charge in [-0.1, -0.05) is 22.9 Å². The molecule has 7 heteroatoms. The van der Waals surface area contributed by atoms with Crippen LogP contribution in [-0.4, -0.2) is 19.1 Å². The molecular weight excluding hydrogens is 288 g/mol. The van der Waals surface area contributed by atoms with Crippen LogP contribution in [0.25, 0.3) is 11.2 Å². The number of aromatic amines is 1. The van der Waals surface area contributed by atoms with Gasteiger partial charge in [0.1, 0.15) is 11.3 Å². The minimum absolute atomic E-state index is 0.322. The number of nitrogens with one attached hydrogen (secondary N) is 1. The Balaban J connectivity index is 2.91. The van der Waals surface area contributed by atoms with Gasteiger partial charge in [-0.25, -0.2) is 9.78 Å². The summed E-state index contributed by atoms with van der Waals surface area (Å²) in [5, 5.41) is 0.519. The van der Waals surface area contributed by atoms with Gasteiger partial charge >= 0.3 is 5.69 Å². The molecule has 0 aromatic carbocycles. The van der Waals surface area contributed by atoms with E-state index in [2.05, 4.69) is 25.9 Å². The van der Waals surface area contributed by atoms with Crippen LogP contribution in [0.4, 0.5) is 0 Å². The lowest BCUT2D eigenvalue weighted by molar-refractivity contribution is 0.611. The van der Waals surface area contributed by atoms with Crippen LogP contribution >= 0.6 is 15.9 Å². The minimum Gasteiger partial charge on any atom is -0.335 e. The van der Waals surface area contributed by atoms with E-state index in [1.807, 2.05) is 6.92 Å². The highest BCUT2D eigenvalue weighted by molar-refractivity contribution is 9.08. The Bertz CT molecular complexity index is 667. The summed E-state index contributed by atoms with van der Waals surface area (Å²) in [4.78, 5) is 31.0. The average Bonchev–Trinajstić information content (AvgIpc) is 2.76. The molecule has 2 heterocycles. The molecule has 0 amide bonds. The number of aryl methyl sites for hydroxylation is 1. The molecule has 0 saturated heterocycles. The van der Waals surface area contributed by atoms with Crippen LogP contribution in [0.5, 0.6) is 0 Å². The van der Waals surface area contributed by atoms with Gasteiger partial charge in [0.25, 0.3) is 5.56 Å². The first kappa shape index (κ1) is 12.1. The third-order valence-corrected chi connectivity index (χ3v) is 3.13. The smallest absolute Gasteiger partial charge is 0.332 e. The van der Waals surface area contributed by atoms with Gasteiger partial charge in [-0.2, -0.15) is 0 Å². The molecule has 92 valence electrons. The standard InChI is InChI=1S/C10H13BrN4O2/c1-3-4-15-8-7(12-6(5-11)13-8)9(16)14(2)10(15)17/h3-5H2,1-2H3,(H,12,13). The largest absolute Gasteiger partial charge is 0.335 e. The van der Waals surface area contributed by atoms with Crippen molar-refractivity contribution in [3.05, 3.63) is 26.7 Å². The number of fused-ring (bicyclic) bond motifs is 1. The molecule has 17 heavy (non-hydrogen) atoms. The van der Waals surface area contributed by atoms with Crippen molar-refractivity contribution < 1.29 is 0 Å². The maximum Gasteiger partial charge on any atom is 0.332 e. The van der Waals surface area contributed by atoms with Gasteiger partial charge in [0.15, 0.2) is 5.65 Å². The highest BCUT2D eigenvalue weighted by Gasteiger charge is 2.14. The summed E-state index contributed by atoms with van der Waals surface area (Å²) in [6.45, 7) is 2.53. The fraction of sp³-hybridized carbons (Fsp3) is 0.500. The topological polar surface area (TPSA) is 72.7 Å². The number of alkyl halides is 1. The number of rotatable bonds is 3. The molecule has 0 saturated carbocycles. The Morgan fingerprint density at radius 3 is 2.71 bits per heavy atom. The fourth-order valence-electron chi connectivity index (χ4n) is 1.77. The third kappa shape index (κ3) is 1.84. The van der Waals surface area contributed by atoms with Gasteiger partial charge in [0.05, 0.1) is 5.33 Å². The average molecular weight is 301 g/mol. The van der Waals surface area contributed by atoms with E-state index in [1.54, 1.807) is 0 Å². The zero-order valence-electron chi connectivity index (χ0n) is 9.66. The monoisotopic (exact) mass is 300 g/mol. The number of nitrogens with zero attached hydrogens (tertiary/aromatic N) is 3. The number of hydrogen-bond donors (Lipinski definition) is 1. The molecule has 1 N–H and O–H groups in total. The van der Waals surface area contributed by atoms with Crippen molar-refractivity contribution in [2.24, 2.45) is 7.05 Å². The molecule has 2 aromatic rings. The lowest BCUT2D eigenvalue weighted by atomic mass is 10.4. The van der Waals surface area contributed by atoms with Crippen molar-refractivity contribution in [2.75, 3.05) is 0 Å². The van der Waals surface area contributed by atoms with Crippen LogP contribution in [0, 0.1) is 0 Å². The van der Waals surface area contributed by atoms with E-state index in [0.717, 1.165) is 11.0 Å². The Labute approximate surface area is 105 Å². The molecule has 0 spiro atoms. The number of aromatic nitrogens is 4. The van der Waals surface area contributed by atoms with Crippen LogP contribution in [0.3, 0.4) is 0 Å². The Kier molecular flexibility index (Phi) is 3.19. The summed E-state index contributed by atoms with van der Waals surface area (Å²) >= 11 is 3.27. The normalized spacial score (nSPS) is 11.2. The van der Waals surface area contributed by atoms with Crippen molar-refractivity contribution in [1.29, 1.82) is 0 Å². The van der Waals surface area contributed by atoms with Crippen LogP contribution in [0.1, 0.15) is 19.2 Å². The Morgan fingerprint density at radius 2 is 2.12 bits per heavy atom. The first-order valence-electron chi connectivity index (χ1n) is 5.34. The van der Waals surface area contributed by atoms with Gasteiger partial charge in [0.2, 0.25) is 0 Å². The van der Waals surface area contributed by atoms with Gasteiger partial charge in [-0.15, -0.1) is 0 Å². The van der Waals surface area contributed by atoms with Crippen molar-refractivity contribution in [3.8, 4) is 0 Å². The van der Waals surface area contributed by atoms with Gasteiger partial charge in [-0.3, -0.25) is 13.9 Å². The molecule has 0 bridgehead atoms. The number of hydrogen-bond acceptors (Lipinski definition) is 3. The molecule has 0 aliphatic carbocycles. The number of halogens is 1. The summed E-state index contributed by atoms with van der Waals surface area (Å²) < 4.78 is 2.63. The molecule has 0 unspecified atom stereocenters. The minimum atomic E-state index is -0.336. The zero-order valence-corrected chi connectivity index (χ0v) is 11.2. The molecular formula is C10H13BrN4O2. The molecule has 0 atom stereocenters. The van der Waals surface area contributed by atoms with Crippen LogP contribution in [0.15, 0.2) is 9.59 Å². The quantitative estimate of drug-likeness (QED) is 0.849. The second-order valence-corrected chi connectivity index (χ2v) is 4.37. The van der Waals surface area contributed by atoms with E-state index in [0.29, 0.717) is 28.9 Å². The first-order valence-corrected chi connectivity index (χ1v) is 6.46. The van der Waals surface area contributed by atoms with Crippen molar-refractivity contribution in [1.82, 2.24) is 19.1 Å². The van der Waals surface area contributed by atoms with E-state index in [4.69, 9.17) is 0 Å². The molecule has 6 nitrogen and oxygen atoms in total. The highest BCUT2D eigenvalue weighted by Crippen LogP contribution is 2.08. The van der Waals surface area contributed by atoms with Crippen LogP contribution in [0.2, 0.25) is 0 Å². The predicted octanol–water partition coefficient (Wildman–Crippen LogP) is 0.728. The van der Waals surface area contributed by atoms with E-state index in [-0.39, 0.29) is 11.2 Å². The molecule has 2 aromatic heterocycles. The van der Waals surface area contributed by atoms with Crippen molar-refractivity contribution in [2.45, 2.75) is 25.2 Å². The fourth-order valence-corrected chi connectivity index (χ4v) is 2.04. The summed E-state index contributed by atoms with van der Waals surface area (Å²) in [7, 11) is 1.48. The summed E-state index contributed by atoms with van der Waals surface area (Å²) in [6, 6.07) is 0. The van der Waals surface area contributed by atoms with Crippen LogP contribution < -0.4 is 11.2 Å². The van der Waals surface area contributed by atoms with E-state index < -0.39 is 0 Å². The molecule has 2 rings (SSSR count). The second kappa shape index (κ2) is 4.48. The summed E-state index contributed by atoms with van der Waals surface area (Å²) in [5.41, 5.74) is 0.165. The predicted molar refractivity (Wildman–Crippen MR) is 68.5 cm³/mol. The molecule has 0 aliphatic heterocycles. The van der Waals surface area contributed by atoms with Crippen LogP contribution in [-0.2, 0) is 18.9 Å². The summed E-state index contributed by atoms with van der Waals surface area (Å²) in [6.07, 6.45) is 0.809. The van der Waals surface area contributed by atoms with Crippen molar-refractivity contribution in [3.63, 3.8) is 0 Å². The van der Waals surface area contributed by atoms with Gasteiger partial charge in [-0.05, 0) is 6.42 Å². The second-order valence-electron chi connectivity index (χ2n) is 3.81. The molecule has 0 radical (unpaired) electrons. The lowest BCUT2D eigenvalue weighted by Gasteiger charge is -2.06. The maximum absolute atomic E-state index is 12.0. The third-order valence-electron chi connectivity index (χ3n) is 2.60. The zero-order chi connectivity index (χ0) is 12.6. The SMILES string of the molecule is CCCn1c(=O)n(C)c(=O)c2[nH]c(CBr)nc21. The van der Waals surface area contributed by atoms with Gasteiger partial charge in [0, 0.05) is 13.6 Å². The van der Waals surface area contributed by atoms with E-state index >= 15 is 0 Å². The molecule has 0 aliphatic rings. The Hall–Kier alpha value is -1.37. The number of imidazole rings is 1. The molecule has 0 fully saturated rings. The van der Waals surface area contributed by atoms with Crippen molar-refractivity contribution >= 4 is 27.1 Å². The first-order chi connectivity index (χ1) is 8.10. The maximum atomic E-state index is 12.0. The number of H-pyrrole nitrogens is 1.